The SMILES string of the molecule is CCCn1cc(-c2nc(-c3ccccc3Br)no2)c(=O)c2cc(F)ccc21. The Balaban J connectivity index is 1.91. The molecule has 0 saturated carbocycles. The van der Waals surface area contributed by atoms with Crippen molar-refractivity contribution in [2.75, 3.05) is 0 Å². The maximum atomic E-state index is 13.7. The normalized spacial score (nSPS) is 11.2. The summed E-state index contributed by atoms with van der Waals surface area (Å²) in [7, 11) is 0. The summed E-state index contributed by atoms with van der Waals surface area (Å²) in [4.78, 5) is 17.3. The summed E-state index contributed by atoms with van der Waals surface area (Å²) in [5.74, 6) is 0.0271. The van der Waals surface area contributed by atoms with Crippen LogP contribution in [0.15, 0.2) is 62.5 Å². The van der Waals surface area contributed by atoms with Gasteiger partial charge in [0.15, 0.2) is 0 Å². The van der Waals surface area contributed by atoms with Crippen molar-refractivity contribution in [2.24, 2.45) is 0 Å². The molecule has 4 rings (SSSR count). The lowest BCUT2D eigenvalue weighted by molar-refractivity contribution is 0.431. The molecule has 0 saturated heterocycles. The number of rotatable bonds is 4. The molecule has 0 N–H and O–H groups in total. The van der Waals surface area contributed by atoms with Crippen LogP contribution in [0, 0.1) is 5.82 Å². The highest BCUT2D eigenvalue weighted by Gasteiger charge is 2.18. The number of hydrogen-bond acceptors (Lipinski definition) is 4. The van der Waals surface area contributed by atoms with Crippen molar-refractivity contribution < 1.29 is 8.91 Å². The highest BCUT2D eigenvalue weighted by molar-refractivity contribution is 9.10. The van der Waals surface area contributed by atoms with Gasteiger partial charge in [0.25, 0.3) is 5.89 Å². The molecule has 0 fully saturated rings. The molecule has 0 atom stereocenters. The van der Waals surface area contributed by atoms with E-state index in [-0.39, 0.29) is 16.9 Å². The number of fused-ring (bicyclic) bond motifs is 1. The molecule has 2 heterocycles. The van der Waals surface area contributed by atoms with Crippen molar-refractivity contribution in [3.05, 3.63) is 69.2 Å². The zero-order valence-electron chi connectivity index (χ0n) is 14.4. The van der Waals surface area contributed by atoms with Gasteiger partial charge in [-0.25, -0.2) is 4.39 Å². The largest absolute Gasteiger partial charge is 0.346 e. The molecule has 27 heavy (non-hydrogen) atoms. The Morgan fingerprint density at radius 3 is 2.78 bits per heavy atom. The van der Waals surface area contributed by atoms with Crippen LogP contribution in [-0.4, -0.2) is 14.7 Å². The van der Waals surface area contributed by atoms with Gasteiger partial charge in [-0.2, -0.15) is 4.98 Å². The number of nitrogens with zero attached hydrogens (tertiary/aromatic N) is 3. The Kier molecular flexibility index (Phi) is 4.61. The van der Waals surface area contributed by atoms with Crippen molar-refractivity contribution in [1.29, 1.82) is 0 Å². The Morgan fingerprint density at radius 1 is 1.19 bits per heavy atom. The third-order valence-corrected chi connectivity index (χ3v) is 4.97. The van der Waals surface area contributed by atoms with Crippen molar-refractivity contribution >= 4 is 26.8 Å². The van der Waals surface area contributed by atoms with Gasteiger partial charge in [-0.15, -0.1) is 0 Å². The maximum Gasteiger partial charge on any atom is 0.263 e. The standard InChI is InChI=1S/C20H15BrFN3O2/c1-2-9-25-11-15(18(26)14-10-12(22)7-8-17(14)25)20-23-19(24-27-20)13-5-3-4-6-16(13)21/h3-8,10-11H,2,9H2,1H3. The summed E-state index contributed by atoms with van der Waals surface area (Å²) >= 11 is 3.46. The lowest BCUT2D eigenvalue weighted by Crippen LogP contribution is -2.12. The number of halogens is 2. The van der Waals surface area contributed by atoms with Crippen LogP contribution in [0.25, 0.3) is 33.7 Å². The first-order chi connectivity index (χ1) is 13.1. The third kappa shape index (κ3) is 3.19. The maximum absolute atomic E-state index is 13.7. The molecular weight excluding hydrogens is 413 g/mol. The van der Waals surface area contributed by atoms with E-state index in [2.05, 4.69) is 26.1 Å². The van der Waals surface area contributed by atoms with E-state index in [0.717, 1.165) is 16.5 Å². The second-order valence-electron chi connectivity index (χ2n) is 6.13. The average Bonchev–Trinajstić information content (AvgIpc) is 3.14. The van der Waals surface area contributed by atoms with Gasteiger partial charge in [0, 0.05) is 28.2 Å². The van der Waals surface area contributed by atoms with Crippen molar-refractivity contribution in [3.63, 3.8) is 0 Å². The fourth-order valence-corrected chi connectivity index (χ4v) is 3.49. The third-order valence-electron chi connectivity index (χ3n) is 4.28. The Labute approximate surface area is 162 Å². The monoisotopic (exact) mass is 427 g/mol. The molecule has 0 bridgehead atoms. The zero-order valence-corrected chi connectivity index (χ0v) is 16.0. The van der Waals surface area contributed by atoms with Crippen LogP contribution >= 0.6 is 15.9 Å². The molecule has 2 aromatic carbocycles. The average molecular weight is 428 g/mol. The minimum atomic E-state index is -0.459. The summed E-state index contributed by atoms with van der Waals surface area (Å²) in [6.45, 7) is 2.71. The van der Waals surface area contributed by atoms with E-state index in [1.165, 1.54) is 12.1 Å². The summed E-state index contributed by atoms with van der Waals surface area (Å²) in [5, 5.41) is 4.29. The molecule has 5 nitrogen and oxygen atoms in total. The van der Waals surface area contributed by atoms with Crippen LogP contribution in [0.3, 0.4) is 0 Å². The Morgan fingerprint density at radius 2 is 2.00 bits per heavy atom. The van der Waals surface area contributed by atoms with E-state index in [4.69, 9.17) is 4.52 Å². The van der Waals surface area contributed by atoms with E-state index in [1.807, 2.05) is 35.8 Å². The number of aromatic nitrogens is 3. The summed E-state index contributed by atoms with van der Waals surface area (Å²) in [6.07, 6.45) is 2.56. The first-order valence-electron chi connectivity index (χ1n) is 8.50. The van der Waals surface area contributed by atoms with Gasteiger partial charge in [-0.3, -0.25) is 4.79 Å². The molecule has 4 aromatic rings. The number of aryl methyl sites for hydroxylation is 1. The molecular formula is C20H15BrFN3O2. The minimum Gasteiger partial charge on any atom is -0.346 e. The first-order valence-corrected chi connectivity index (χ1v) is 9.29. The topological polar surface area (TPSA) is 60.9 Å². The zero-order chi connectivity index (χ0) is 19.0. The summed E-state index contributed by atoms with van der Waals surface area (Å²) in [6, 6.07) is 11.7. The van der Waals surface area contributed by atoms with Gasteiger partial charge >= 0.3 is 0 Å². The second kappa shape index (κ2) is 7.08. The number of pyridine rings is 1. The quantitative estimate of drug-likeness (QED) is 0.458. The Bertz CT molecular complexity index is 1200. The van der Waals surface area contributed by atoms with Gasteiger partial charge in [0.2, 0.25) is 11.3 Å². The summed E-state index contributed by atoms with van der Waals surface area (Å²) < 4.78 is 21.8. The van der Waals surface area contributed by atoms with Gasteiger partial charge < -0.3 is 9.09 Å². The van der Waals surface area contributed by atoms with Gasteiger partial charge in [0.1, 0.15) is 11.4 Å². The van der Waals surface area contributed by atoms with Crippen molar-refractivity contribution in [2.45, 2.75) is 19.9 Å². The molecule has 0 radical (unpaired) electrons. The lowest BCUT2D eigenvalue weighted by Gasteiger charge is -2.11. The summed E-state index contributed by atoms with van der Waals surface area (Å²) in [5.41, 5.74) is 1.36. The molecule has 136 valence electrons. The minimum absolute atomic E-state index is 0.113. The number of hydrogen-bond donors (Lipinski definition) is 0. The van der Waals surface area contributed by atoms with E-state index >= 15 is 0 Å². The second-order valence-corrected chi connectivity index (χ2v) is 6.98. The van der Waals surface area contributed by atoms with Gasteiger partial charge in [-0.1, -0.05) is 40.1 Å². The first kappa shape index (κ1) is 17.6. The van der Waals surface area contributed by atoms with Crippen LogP contribution < -0.4 is 5.43 Å². The van der Waals surface area contributed by atoms with Crippen LogP contribution in [-0.2, 0) is 6.54 Å². The van der Waals surface area contributed by atoms with Gasteiger partial charge in [0.05, 0.1) is 5.52 Å². The fraction of sp³-hybridized carbons (Fsp3) is 0.150. The van der Waals surface area contributed by atoms with E-state index in [9.17, 15) is 9.18 Å². The predicted octanol–water partition coefficient (Wildman–Crippen LogP) is 5.03. The molecule has 2 aromatic heterocycles. The molecule has 0 spiro atoms. The molecule has 0 aliphatic carbocycles. The molecule has 0 aliphatic rings. The van der Waals surface area contributed by atoms with E-state index < -0.39 is 5.82 Å². The molecule has 7 heteroatoms. The van der Waals surface area contributed by atoms with Crippen LogP contribution in [0.4, 0.5) is 4.39 Å². The predicted molar refractivity (Wildman–Crippen MR) is 105 cm³/mol. The van der Waals surface area contributed by atoms with Crippen LogP contribution in [0.5, 0.6) is 0 Å². The van der Waals surface area contributed by atoms with Crippen molar-refractivity contribution in [3.8, 4) is 22.8 Å². The highest BCUT2D eigenvalue weighted by atomic mass is 79.9. The number of benzene rings is 2. The molecule has 0 amide bonds. The smallest absolute Gasteiger partial charge is 0.263 e. The fourth-order valence-electron chi connectivity index (χ4n) is 3.03. The molecule has 0 unspecified atom stereocenters. The highest BCUT2D eigenvalue weighted by Crippen LogP contribution is 2.27. The van der Waals surface area contributed by atoms with E-state index in [0.29, 0.717) is 23.3 Å². The van der Waals surface area contributed by atoms with Gasteiger partial charge in [-0.05, 0) is 36.8 Å². The van der Waals surface area contributed by atoms with Crippen LogP contribution in [0.1, 0.15) is 13.3 Å². The van der Waals surface area contributed by atoms with Crippen molar-refractivity contribution in [1.82, 2.24) is 14.7 Å². The molecule has 0 aliphatic heterocycles. The lowest BCUT2D eigenvalue weighted by atomic mass is 10.1. The van der Waals surface area contributed by atoms with E-state index in [1.54, 1.807) is 12.3 Å². The Hall–Kier alpha value is -2.80. The van der Waals surface area contributed by atoms with Crippen LogP contribution in [0.2, 0.25) is 0 Å².